The lowest BCUT2D eigenvalue weighted by atomic mass is 10.3. The molecule has 1 aliphatic rings. The Bertz CT molecular complexity index is 268. The van der Waals surface area contributed by atoms with Gasteiger partial charge >= 0.3 is 0 Å². The van der Waals surface area contributed by atoms with Crippen LogP contribution in [-0.2, 0) is 11.3 Å². The van der Waals surface area contributed by atoms with E-state index in [1.807, 2.05) is 12.1 Å². The summed E-state index contributed by atoms with van der Waals surface area (Å²) in [6, 6.07) is 3.80. The lowest BCUT2D eigenvalue weighted by molar-refractivity contribution is 0.0434. The van der Waals surface area contributed by atoms with Crippen LogP contribution in [0.25, 0.3) is 0 Å². The van der Waals surface area contributed by atoms with Crippen molar-refractivity contribution in [1.29, 1.82) is 0 Å². The first-order chi connectivity index (χ1) is 6.34. The van der Waals surface area contributed by atoms with Gasteiger partial charge in [-0.1, -0.05) is 0 Å². The third kappa shape index (κ3) is 2.56. The Kier molecular flexibility index (Phi) is 3.03. The molecular formula is C9H12BrNO2. The summed E-state index contributed by atoms with van der Waals surface area (Å²) >= 11 is 3.25. The van der Waals surface area contributed by atoms with Gasteiger partial charge in [0.05, 0.1) is 6.10 Å². The Hall–Kier alpha value is -0.320. The van der Waals surface area contributed by atoms with Gasteiger partial charge in [-0.3, -0.25) is 0 Å². The Balaban J connectivity index is 1.78. The van der Waals surface area contributed by atoms with Gasteiger partial charge in [0.15, 0.2) is 4.67 Å². The maximum absolute atomic E-state index is 5.63. The summed E-state index contributed by atoms with van der Waals surface area (Å²) in [7, 11) is 0. The highest BCUT2D eigenvalue weighted by Crippen LogP contribution is 2.16. The second-order valence-electron chi connectivity index (χ2n) is 3.13. The van der Waals surface area contributed by atoms with Gasteiger partial charge in [0.25, 0.3) is 0 Å². The van der Waals surface area contributed by atoms with Crippen molar-refractivity contribution >= 4 is 15.9 Å². The van der Waals surface area contributed by atoms with E-state index in [9.17, 15) is 0 Å². The van der Waals surface area contributed by atoms with Gasteiger partial charge in [-0.2, -0.15) is 0 Å². The first-order valence-electron chi connectivity index (χ1n) is 4.41. The van der Waals surface area contributed by atoms with E-state index >= 15 is 0 Å². The Morgan fingerprint density at radius 1 is 1.62 bits per heavy atom. The molecule has 1 aliphatic heterocycles. The molecule has 1 N–H and O–H groups in total. The number of hydrogen-bond acceptors (Lipinski definition) is 3. The lowest BCUT2D eigenvalue weighted by Gasteiger charge is -2.07. The predicted octanol–water partition coefficient (Wildman–Crippen LogP) is 1.92. The third-order valence-electron chi connectivity index (χ3n) is 2.11. The van der Waals surface area contributed by atoms with Crippen LogP contribution >= 0.6 is 15.9 Å². The van der Waals surface area contributed by atoms with Crippen LogP contribution in [0.4, 0.5) is 0 Å². The van der Waals surface area contributed by atoms with Crippen molar-refractivity contribution in [1.82, 2.24) is 5.32 Å². The first kappa shape index (κ1) is 9.24. The number of rotatable bonds is 3. The number of ether oxygens (including phenoxy) is 1. The molecule has 1 aromatic heterocycles. The molecule has 0 saturated carbocycles. The number of nitrogens with one attached hydrogen (secondary N) is 1. The van der Waals surface area contributed by atoms with E-state index in [0.29, 0.717) is 12.7 Å². The monoisotopic (exact) mass is 245 g/mol. The highest BCUT2D eigenvalue weighted by molar-refractivity contribution is 9.10. The van der Waals surface area contributed by atoms with Crippen molar-refractivity contribution in [3.05, 3.63) is 22.6 Å². The van der Waals surface area contributed by atoms with Crippen LogP contribution in [0.5, 0.6) is 0 Å². The van der Waals surface area contributed by atoms with E-state index < -0.39 is 0 Å². The zero-order chi connectivity index (χ0) is 9.10. The summed E-state index contributed by atoms with van der Waals surface area (Å²) < 4.78 is 11.7. The normalized spacial score (nSPS) is 22.4. The lowest BCUT2D eigenvalue weighted by Crippen LogP contribution is -2.16. The van der Waals surface area contributed by atoms with E-state index in [2.05, 4.69) is 21.2 Å². The number of halogens is 1. The van der Waals surface area contributed by atoms with Gasteiger partial charge in [0.2, 0.25) is 0 Å². The second kappa shape index (κ2) is 4.26. The van der Waals surface area contributed by atoms with E-state index in [0.717, 1.165) is 29.9 Å². The minimum absolute atomic E-state index is 0.351. The molecule has 3 nitrogen and oxygen atoms in total. The summed E-state index contributed by atoms with van der Waals surface area (Å²) in [4.78, 5) is 0. The summed E-state index contributed by atoms with van der Waals surface area (Å²) in [5, 5.41) is 3.25. The fourth-order valence-corrected chi connectivity index (χ4v) is 1.74. The smallest absolute Gasteiger partial charge is 0.169 e. The molecule has 0 spiro atoms. The minimum Gasteiger partial charge on any atom is -0.452 e. The summed E-state index contributed by atoms with van der Waals surface area (Å²) in [6.07, 6.45) is 1.45. The van der Waals surface area contributed by atoms with Crippen LogP contribution in [0.3, 0.4) is 0 Å². The molecule has 0 bridgehead atoms. The van der Waals surface area contributed by atoms with Crippen LogP contribution in [0.2, 0.25) is 0 Å². The van der Waals surface area contributed by atoms with Crippen LogP contribution in [-0.4, -0.2) is 19.2 Å². The number of hydrogen-bond donors (Lipinski definition) is 1. The van der Waals surface area contributed by atoms with E-state index in [1.54, 1.807) is 0 Å². The Labute approximate surface area is 85.6 Å². The van der Waals surface area contributed by atoms with Crippen molar-refractivity contribution in [2.75, 3.05) is 13.1 Å². The van der Waals surface area contributed by atoms with E-state index in [-0.39, 0.29) is 0 Å². The maximum atomic E-state index is 5.63. The summed E-state index contributed by atoms with van der Waals surface area (Å²) in [6.45, 7) is 2.59. The van der Waals surface area contributed by atoms with Crippen LogP contribution in [0, 0.1) is 0 Å². The van der Waals surface area contributed by atoms with Gasteiger partial charge in [-0.25, -0.2) is 0 Å². The molecule has 1 aromatic rings. The van der Waals surface area contributed by atoms with Crippen LogP contribution in [0.15, 0.2) is 21.2 Å². The summed E-state index contributed by atoms with van der Waals surface area (Å²) in [5.74, 6) is 0.874. The molecule has 1 atom stereocenters. The Morgan fingerprint density at radius 3 is 3.15 bits per heavy atom. The minimum atomic E-state index is 0.351. The quantitative estimate of drug-likeness (QED) is 0.884. The molecule has 13 heavy (non-hydrogen) atoms. The molecular weight excluding hydrogens is 234 g/mol. The van der Waals surface area contributed by atoms with Gasteiger partial charge in [-0.15, -0.1) is 0 Å². The molecule has 1 fully saturated rings. The van der Waals surface area contributed by atoms with Gasteiger partial charge < -0.3 is 14.5 Å². The zero-order valence-corrected chi connectivity index (χ0v) is 8.84. The molecule has 0 aliphatic carbocycles. The molecule has 1 saturated heterocycles. The van der Waals surface area contributed by atoms with Crippen molar-refractivity contribution < 1.29 is 9.15 Å². The van der Waals surface area contributed by atoms with E-state index in [1.165, 1.54) is 0 Å². The molecule has 0 aromatic carbocycles. The maximum Gasteiger partial charge on any atom is 0.169 e. The van der Waals surface area contributed by atoms with Crippen molar-refractivity contribution in [2.45, 2.75) is 19.1 Å². The fourth-order valence-electron chi connectivity index (χ4n) is 1.40. The van der Waals surface area contributed by atoms with Crippen LogP contribution in [0.1, 0.15) is 12.2 Å². The van der Waals surface area contributed by atoms with Gasteiger partial charge in [-0.05, 0) is 41.0 Å². The highest BCUT2D eigenvalue weighted by atomic mass is 79.9. The predicted molar refractivity (Wildman–Crippen MR) is 52.5 cm³/mol. The molecule has 0 radical (unpaired) electrons. The topological polar surface area (TPSA) is 34.4 Å². The molecule has 2 heterocycles. The first-order valence-corrected chi connectivity index (χ1v) is 5.20. The SMILES string of the molecule is Brc1ccc(COC2CCNC2)o1. The van der Waals surface area contributed by atoms with Gasteiger partial charge in [0.1, 0.15) is 12.4 Å². The highest BCUT2D eigenvalue weighted by Gasteiger charge is 2.15. The van der Waals surface area contributed by atoms with Crippen LogP contribution < -0.4 is 5.32 Å². The zero-order valence-electron chi connectivity index (χ0n) is 7.25. The Morgan fingerprint density at radius 2 is 2.54 bits per heavy atom. The summed E-state index contributed by atoms with van der Waals surface area (Å²) in [5.41, 5.74) is 0. The van der Waals surface area contributed by atoms with Crippen molar-refractivity contribution in [2.24, 2.45) is 0 Å². The molecule has 4 heteroatoms. The third-order valence-corrected chi connectivity index (χ3v) is 2.53. The second-order valence-corrected chi connectivity index (χ2v) is 3.91. The molecule has 2 rings (SSSR count). The van der Waals surface area contributed by atoms with E-state index in [4.69, 9.17) is 9.15 Å². The molecule has 1 unspecified atom stereocenters. The average molecular weight is 246 g/mol. The standard InChI is InChI=1S/C9H12BrNO2/c10-9-2-1-8(13-9)6-12-7-3-4-11-5-7/h1-2,7,11H,3-6H2. The molecule has 72 valence electrons. The molecule has 0 amide bonds. The fraction of sp³-hybridized carbons (Fsp3) is 0.556. The number of furan rings is 1. The van der Waals surface area contributed by atoms with Crippen molar-refractivity contribution in [3.63, 3.8) is 0 Å². The van der Waals surface area contributed by atoms with Crippen molar-refractivity contribution in [3.8, 4) is 0 Å². The largest absolute Gasteiger partial charge is 0.452 e. The average Bonchev–Trinajstić information content (AvgIpc) is 2.71. The van der Waals surface area contributed by atoms with Gasteiger partial charge in [0, 0.05) is 6.54 Å².